The third kappa shape index (κ3) is 8.35. The third-order valence-corrected chi connectivity index (χ3v) is 10.1. The molecule has 3 N–H and O–H groups in total. The Morgan fingerprint density at radius 3 is 2.18 bits per heavy atom. The van der Waals surface area contributed by atoms with Crippen LogP contribution in [0.2, 0.25) is 5.02 Å². The number of halogens is 1. The van der Waals surface area contributed by atoms with Gasteiger partial charge in [-0.25, -0.2) is 4.79 Å². The summed E-state index contributed by atoms with van der Waals surface area (Å²) in [6.45, 7) is 3.71. The van der Waals surface area contributed by atoms with Crippen molar-refractivity contribution >= 4 is 46.9 Å². The molecule has 0 bridgehead atoms. The zero-order valence-corrected chi connectivity index (χ0v) is 29.3. The standard InChI is InChI=1S/C39H45ClN4O6/c1-3-9-34(46)44-33(25-28-12-16-30(40)17-13-28)36(47)43(35(44)29-10-5-4-6-11-29)31-18-14-27(15-19-31)24-32(37(48)49)42-38(50)39(20-7-8-21-39)22-23-41-26(2)45/h4-6,10-19,32-33,35H,3,7-9,20-25H2,1-2H3,(H,41,45)(H,42,50)(H,48,49). The van der Waals surface area contributed by atoms with Crippen molar-refractivity contribution in [1.29, 1.82) is 0 Å². The van der Waals surface area contributed by atoms with Crippen LogP contribution in [-0.2, 0) is 36.8 Å². The van der Waals surface area contributed by atoms with E-state index in [1.165, 1.54) is 6.92 Å². The lowest BCUT2D eigenvalue weighted by molar-refractivity contribution is -0.144. The van der Waals surface area contributed by atoms with E-state index in [-0.39, 0.29) is 36.5 Å². The summed E-state index contributed by atoms with van der Waals surface area (Å²) in [4.78, 5) is 68.8. The number of amides is 4. The van der Waals surface area contributed by atoms with E-state index in [2.05, 4.69) is 10.6 Å². The molecule has 0 aromatic heterocycles. The molecule has 3 atom stereocenters. The average molecular weight is 701 g/mol. The highest BCUT2D eigenvalue weighted by Gasteiger charge is 2.49. The Labute approximate surface area is 298 Å². The Hall–Kier alpha value is -4.70. The quantitative estimate of drug-likeness (QED) is 0.194. The number of carbonyl (C=O) groups excluding carboxylic acids is 4. The molecule has 2 aliphatic rings. The molecule has 50 heavy (non-hydrogen) atoms. The molecule has 1 saturated carbocycles. The average Bonchev–Trinajstić information content (AvgIpc) is 3.69. The molecule has 2 fully saturated rings. The SMILES string of the molecule is CCCC(=O)N1C(Cc2ccc(Cl)cc2)C(=O)N(c2ccc(CC(NC(=O)C3(CCNC(C)=O)CCCC3)C(=O)O)cc2)C1c1ccccc1. The van der Waals surface area contributed by atoms with Gasteiger partial charge in [0.15, 0.2) is 0 Å². The zero-order valence-electron chi connectivity index (χ0n) is 28.6. The maximum absolute atomic E-state index is 14.4. The van der Waals surface area contributed by atoms with Gasteiger partial charge >= 0.3 is 5.97 Å². The highest BCUT2D eigenvalue weighted by molar-refractivity contribution is 6.30. The van der Waals surface area contributed by atoms with Crippen LogP contribution in [0.25, 0.3) is 0 Å². The molecule has 11 heteroatoms. The highest BCUT2D eigenvalue weighted by atomic mass is 35.5. The van der Waals surface area contributed by atoms with Gasteiger partial charge in [0, 0.05) is 43.4 Å². The first kappa shape index (κ1) is 36.6. The normalized spacial score (nSPS) is 18.9. The van der Waals surface area contributed by atoms with E-state index >= 15 is 0 Å². The Kier molecular flexibility index (Phi) is 12.0. The van der Waals surface area contributed by atoms with Gasteiger partial charge < -0.3 is 20.6 Å². The number of benzene rings is 3. The first-order valence-electron chi connectivity index (χ1n) is 17.3. The van der Waals surface area contributed by atoms with E-state index in [0.717, 1.165) is 24.0 Å². The topological polar surface area (TPSA) is 136 Å². The highest BCUT2D eigenvalue weighted by Crippen LogP contribution is 2.42. The van der Waals surface area contributed by atoms with Gasteiger partial charge in [0.25, 0.3) is 5.91 Å². The van der Waals surface area contributed by atoms with E-state index in [4.69, 9.17) is 11.6 Å². The minimum absolute atomic E-state index is 0.0412. The lowest BCUT2D eigenvalue weighted by Gasteiger charge is -2.32. The number of hydrogen-bond donors (Lipinski definition) is 3. The van der Waals surface area contributed by atoms with Gasteiger partial charge in [0.05, 0.1) is 5.41 Å². The smallest absolute Gasteiger partial charge is 0.326 e. The number of nitrogens with zero attached hydrogens (tertiary/aromatic N) is 2. The van der Waals surface area contributed by atoms with Crippen LogP contribution >= 0.6 is 11.6 Å². The fourth-order valence-electron chi connectivity index (χ4n) is 7.24. The number of nitrogens with one attached hydrogen (secondary N) is 2. The first-order valence-corrected chi connectivity index (χ1v) is 17.7. The van der Waals surface area contributed by atoms with Crippen LogP contribution in [0.1, 0.15) is 81.6 Å². The van der Waals surface area contributed by atoms with Gasteiger partial charge in [-0.05, 0) is 66.6 Å². The Balaban J connectivity index is 1.40. The fourth-order valence-corrected chi connectivity index (χ4v) is 7.37. The van der Waals surface area contributed by atoms with Crippen molar-refractivity contribution in [2.45, 2.75) is 89.9 Å². The summed E-state index contributed by atoms with van der Waals surface area (Å²) in [6, 6.07) is 21.9. The predicted molar refractivity (Wildman–Crippen MR) is 191 cm³/mol. The van der Waals surface area contributed by atoms with Gasteiger partial charge in [0.1, 0.15) is 18.2 Å². The van der Waals surface area contributed by atoms with E-state index in [9.17, 15) is 29.1 Å². The minimum atomic E-state index is -1.16. The van der Waals surface area contributed by atoms with Crippen molar-refractivity contribution in [2.75, 3.05) is 11.4 Å². The van der Waals surface area contributed by atoms with Gasteiger partial charge in [-0.3, -0.25) is 24.1 Å². The van der Waals surface area contributed by atoms with Crippen LogP contribution in [0.5, 0.6) is 0 Å². The van der Waals surface area contributed by atoms with Crippen LogP contribution < -0.4 is 15.5 Å². The number of hydrogen-bond acceptors (Lipinski definition) is 5. The van der Waals surface area contributed by atoms with Crippen molar-refractivity contribution in [3.63, 3.8) is 0 Å². The summed E-state index contributed by atoms with van der Waals surface area (Å²) in [5, 5.41) is 16.2. The lowest BCUT2D eigenvalue weighted by atomic mass is 9.81. The molecule has 1 heterocycles. The molecule has 5 rings (SSSR count). The Morgan fingerprint density at radius 1 is 0.940 bits per heavy atom. The Morgan fingerprint density at radius 2 is 1.58 bits per heavy atom. The van der Waals surface area contributed by atoms with Gasteiger partial charge in [-0.15, -0.1) is 0 Å². The number of carboxylic acid groups (broad SMARTS) is 1. The van der Waals surface area contributed by atoms with Gasteiger partial charge in [-0.1, -0.05) is 86.0 Å². The molecule has 1 aliphatic carbocycles. The molecule has 3 aromatic rings. The number of carbonyl (C=O) groups is 5. The number of anilines is 1. The third-order valence-electron chi connectivity index (χ3n) is 9.84. The largest absolute Gasteiger partial charge is 0.480 e. The van der Waals surface area contributed by atoms with E-state index in [1.807, 2.05) is 49.4 Å². The van der Waals surface area contributed by atoms with Crippen LogP contribution in [-0.4, -0.2) is 58.2 Å². The minimum Gasteiger partial charge on any atom is -0.480 e. The van der Waals surface area contributed by atoms with Gasteiger partial charge in [-0.2, -0.15) is 0 Å². The first-order chi connectivity index (χ1) is 24.0. The summed E-state index contributed by atoms with van der Waals surface area (Å²) < 4.78 is 0. The van der Waals surface area contributed by atoms with Gasteiger partial charge in [0.2, 0.25) is 17.7 Å². The summed E-state index contributed by atoms with van der Waals surface area (Å²) in [6.07, 6.45) is 4.06. The summed E-state index contributed by atoms with van der Waals surface area (Å²) in [5.41, 5.74) is 2.19. The van der Waals surface area contributed by atoms with E-state index < -0.39 is 29.6 Å². The van der Waals surface area contributed by atoms with Crippen molar-refractivity contribution in [2.24, 2.45) is 5.41 Å². The van der Waals surface area contributed by atoms with Crippen LogP contribution in [0, 0.1) is 5.41 Å². The number of carboxylic acids is 1. The number of rotatable bonds is 14. The molecule has 264 valence electrons. The maximum Gasteiger partial charge on any atom is 0.326 e. The second-order valence-corrected chi connectivity index (χ2v) is 13.8. The summed E-state index contributed by atoms with van der Waals surface area (Å²) >= 11 is 6.13. The fraction of sp³-hybridized carbons (Fsp3) is 0.410. The molecule has 0 radical (unpaired) electrons. The van der Waals surface area contributed by atoms with Crippen LogP contribution in [0.4, 0.5) is 5.69 Å². The zero-order chi connectivity index (χ0) is 35.8. The second-order valence-electron chi connectivity index (χ2n) is 13.3. The lowest BCUT2D eigenvalue weighted by Crippen LogP contribution is -2.49. The Bertz CT molecular complexity index is 1670. The predicted octanol–water partition coefficient (Wildman–Crippen LogP) is 5.82. The van der Waals surface area contributed by atoms with E-state index in [0.29, 0.717) is 54.9 Å². The molecule has 3 aromatic carbocycles. The molecular weight excluding hydrogens is 656 g/mol. The van der Waals surface area contributed by atoms with Crippen LogP contribution in [0.15, 0.2) is 78.9 Å². The molecular formula is C39H45ClN4O6. The second kappa shape index (κ2) is 16.3. The molecule has 0 spiro atoms. The summed E-state index contributed by atoms with van der Waals surface area (Å²) in [7, 11) is 0. The molecule has 3 unspecified atom stereocenters. The molecule has 1 aliphatic heterocycles. The monoisotopic (exact) mass is 700 g/mol. The van der Waals surface area contributed by atoms with Crippen LogP contribution in [0.3, 0.4) is 0 Å². The molecule has 1 saturated heterocycles. The van der Waals surface area contributed by atoms with Crippen molar-refractivity contribution < 1.29 is 29.1 Å². The van der Waals surface area contributed by atoms with Crippen molar-refractivity contribution in [3.05, 3.63) is 101 Å². The van der Waals surface area contributed by atoms with Crippen molar-refractivity contribution in [3.8, 4) is 0 Å². The molecule has 4 amide bonds. The van der Waals surface area contributed by atoms with Crippen molar-refractivity contribution in [1.82, 2.24) is 15.5 Å². The summed E-state index contributed by atoms with van der Waals surface area (Å²) in [5.74, 6) is -1.96. The number of aliphatic carboxylic acids is 1. The molecule has 10 nitrogen and oxygen atoms in total. The maximum atomic E-state index is 14.4. The van der Waals surface area contributed by atoms with E-state index in [1.54, 1.807) is 46.2 Å².